The standard InChI is InChI=1S/C26H26F3N5O4S/c27-16-4-5-19(32-24(16)22-17(28)8-13(9-18(22)29)12-39(37)38)26(36)33-20-10-31-23-15(3-6-21(23)35)25(20)34-7-1-2-14(30)11-34/h4-5,8-10,14,21,35H,1-3,6-7,11-12,30H2,(H,33,36)(H,37,38)/t14-,21+/m0/s1. The van der Waals surface area contributed by atoms with Crippen LogP contribution < -0.4 is 16.0 Å². The quantitative estimate of drug-likeness (QED) is 0.336. The van der Waals surface area contributed by atoms with Crippen molar-refractivity contribution in [1.82, 2.24) is 9.97 Å². The first-order chi connectivity index (χ1) is 18.6. The number of nitrogens with two attached hydrogens (primary N) is 1. The molecule has 1 fully saturated rings. The van der Waals surface area contributed by atoms with Crippen molar-refractivity contribution < 1.29 is 31.8 Å². The number of aromatic nitrogens is 2. The van der Waals surface area contributed by atoms with Crippen LogP contribution in [0.5, 0.6) is 0 Å². The average molecular weight is 562 g/mol. The van der Waals surface area contributed by atoms with Crippen LogP contribution in [0.3, 0.4) is 0 Å². The van der Waals surface area contributed by atoms with Crippen molar-refractivity contribution in [3.8, 4) is 11.3 Å². The molecule has 206 valence electrons. The third-order valence-corrected chi connectivity index (χ3v) is 7.48. The maximum Gasteiger partial charge on any atom is 0.274 e. The number of hydrogen-bond donors (Lipinski definition) is 4. The molecule has 1 saturated heterocycles. The number of aliphatic hydroxyl groups excluding tert-OH is 1. The summed E-state index contributed by atoms with van der Waals surface area (Å²) < 4.78 is 64.3. The number of nitrogens with one attached hydrogen (secondary N) is 1. The van der Waals surface area contributed by atoms with Crippen LogP contribution in [0.15, 0.2) is 30.5 Å². The van der Waals surface area contributed by atoms with E-state index in [0.717, 1.165) is 42.7 Å². The highest BCUT2D eigenvalue weighted by molar-refractivity contribution is 7.78. The number of nitrogens with zero attached hydrogens (tertiary/aromatic N) is 3. The van der Waals surface area contributed by atoms with Crippen molar-refractivity contribution in [2.45, 2.75) is 43.6 Å². The normalized spacial score (nSPS) is 19.6. The van der Waals surface area contributed by atoms with Crippen LogP contribution in [-0.4, -0.2) is 48.9 Å². The van der Waals surface area contributed by atoms with Crippen molar-refractivity contribution in [2.75, 3.05) is 23.3 Å². The van der Waals surface area contributed by atoms with Gasteiger partial charge < -0.3 is 25.6 Å². The predicted molar refractivity (Wildman–Crippen MR) is 139 cm³/mol. The van der Waals surface area contributed by atoms with Crippen LogP contribution in [0.2, 0.25) is 0 Å². The minimum atomic E-state index is -2.33. The Hall–Kier alpha value is -3.39. The predicted octanol–water partition coefficient (Wildman–Crippen LogP) is 3.44. The number of pyridine rings is 2. The van der Waals surface area contributed by atoms with E-state index in [2.05, 4.69) is 20.2 Å². The molecule has 1 unspecified atom stereocenters. The monoisotopic (exact) mass is 561 g/mol. The Morgan fingerprint density at radius 1 is 1.18 bits per heavy atom. The summed E-state index contributed by atoms with van der Waals surface area (Å²) in [6, 6.07) is 3.55. The van der Waals surface area contributed by atoms with Crippen LogP contribution in [-0.2, 0) is 23.3 Å². The number of carbonyl (C=O) groups excluding carboxylic acids is 1. The molecule has 3 atom stereocenters. The van der Waals surface area contributed by atoms with Gasteiger partial charge in [-0.15, -0.1) is 0 Å². The molecule has 39 heavy (non-hydrogen) atoms. The van der Waals surface area contributed by atoms with Crippen LogP contribution in [0.25, 0.3) is 11.3 Å². The van der Waals surface area contributed by atoms with Gasteiger partial charge in [0.25, 0.3) is 5.91 Å². The molecule has 3 aromatic rings. The molecular weight excluding hydrogens is 535 g/mol. The molecular formula is C26H26F3N5O4S. The van der Waals surface area contributed by atoms with Gasteiger partial charge in [-0.25, -0.2) is 22.4 Å². The fraction of sp³-hybridized carbons (Fsp3) is 0.346. The van der Waals surface area contributed by atoms with Gasteiger partial charge in [0.2, 0.25) is 0 Å². The largest absolute Gasteiger partial charge is 0.387 e. The number of carbonyl (C=O) groups is 1. The summed E-state index contributed by atoms with van der Waals surface area (Å²) in [5, 5.41) is 13.1. The molecule has 1 aliphatic carbocycles. The second-order valence-electron chi connectivity index (χ2n) is 9.67. The summed E-state index contributed by atoms with van der Waals surface area (Å²) in [5.74, 6) is -4.71. The van der Waals surface area contributed by atoms with Gasteiger partial charge in [-0.1, -0.05) is 0 Å². The van der Waals surface area contributed by atoms with E-state index in [0.29, 0.717) is 43.0 Å². The van der Waals surface area contributed by atoms with E-state index in [-0.39, 0.29) is 17.3 Å². The number of fused-ring (bicyclic) bond motifs is 1. The minimum absolute atomic E-state index is 0.0627. The highest BCUT2D eigenvalue weighted by Crippen LogP contribution is 2.41. The lowest BCUT2D eigenvalue weighted by Gasteiger charge is -2.35. The van der Waals surface area contributed by atoms with E-state index in [9.17, 15) is 27.3 Å². The van der Waals surface area contributed by atoms with Gasteiger partial charge in [-0.3, -0.25) is 9.78 Å². The van der Waals surface area contributed by atoms with Gasteiger partial charge in [0, 0.05) is 24.7 Å². The molecule has 13 heteroatoms. The van der Waals surface area contributed by atoms with E-state index in [4.69, 9.17) is 10.3 Å². The zero-order valence-corrected chi connectivity index (χ0v) is 21.5. The maximum absolute atomic E-state index is 14.8. The number of hydrogen-bond acceptors (Lipinski definition) is 7. The fourth-order valence-corrected chi connectivity index (χ4v) is 5.63. The molecule has 2 aromatic heterocycles. The molecule has 0 saturated carbocycles. The maximum atomic E-state index is 14.8. The summed E-state index contributed by atoms with van der Waals surface area (Å²) in [7, 11) is 0. The van der Waals surface area contributed by atoms with Gasteiger partial charge >= 0.3 is 0 Å². The van der Waals surface area contributed by atoms with Crippen molar-refractivity contribution in [3.63, 3.8) is 0 Å². The van der Waals surface area contributed by atoms with E-state index in [1.54, 1.807) is 0 Å². The molecule has 3 heterocycles. The number of aliphatic hydroxyl groups is 1. The molecule has 1 amide bonds. The molecule has 1 aliphatic heterocycles. The second kappa shape index (κ2) is 11.0. The number of anilines is 2. The van der Waals surface area contributed by atoms with Gasteiger partial charge in [-0.05, 0) is 55.5 Å². The lowest BCUT2D eigenvalue weighted by molar-refractivity contribution is 0.102. The van der Waals surface area contributed by atoms with Gasteiger partial charge in [-0.2, -0.15) is 0 Å². The Balaban J connectivity index is 1.49. The minimum Gasteiger partial charge on any atom is -0.387 e. The summed E-state index contributed by atoms with van der Waals surface area (Å²) >= 11 is -2.33. The lowest BCUT2D eigenvalue weighted by Crippen LogP contribution is -2.43. The summed E-state index contributed by atoms with van der Waals surface area (Å²) in [4.78, 5) is 23.6. The first-order valence-corrected chi connectivity index (χ1v) is 13.6. The second-order valence-corrected chi connectivity index (χ2v) is 10.6. The Labute approximate surface area is 224 Å². The Morgan fingerprint density at radius 3 is 2.62 bits per heavy atom. The van der Waals surface area contributed by atoms with Crippen molar-refractivity contribution in [3.05, 3.63) is 70.4 Å². The topological polar surface area (TPSA) is 142 Å². The van der Waals surface area contributed by atoms with Gasteiger partial charge in [0.1, 0.15) is 28.8 Å². The third-order valence-electron chi connectivity index (χ3n) is 6.90. The Kier molecular flexibility index (Phi) is 7.67. The summed E-state index contributed by atoms with van der Waals surface area (Å²) in [5.41, 5.74) is 6.70. The molecule has 5 rings (SSSR count). The molecule has 0 spiro atoms. The van der Waals surface area contributed by atoms with E-state index < -0.39 is 57.6 Å². The smallest absolute Gasteiger partial charge is 0.274 e. The molecule has 9 nitrogen and oxygen atoms in total. The zero-order valence-electron chi connectivity index (χ0n) is 20.7. The Morgan fingerprint density at radius 2 is 1.92 bits per heavy atom. The summed E-state index contributed by atoms with van der Waals surface area (Å²) in [6.07, 6.45) is 3.50. The highest BCUT2D eigenvalue weighted by Gasteiger charge is 2.31. The average Bonchev–Trinajstić information content (AvgIpc) is 3.24. The van der Waals surface area contributed by atoms with E-state index >= 15 is 0 Å². The number of rotatable bonds is 6. The third kappa shape index (κ3) is 5.53. The first-order valence-electron chi connectivity index (χ1n) is 12.4. The number of halogens is 3. The number of amides is 1. The fourth-order valence-electron chi connectivity index (χ4n) is 5.18. The van der Waals surface area contributed by atoms with E-state index in [1.165, 1.54) is 6.20 Å². The van der Waals surface area contributed by atoms with Crippen LogP contribution in [0.1, 0.15) is 52.7 Å². The van der Waals surface area contributed by atoms with Crippen molar-refractivity contribution >= 4 is 28.4 Å². The SMILES string of the molecule is N[C@H]1CCCN(c2c(NC(=O)c3ccc(F)c(-c4c(F)cc(CS(=O)O)cc4F)n3)cnc3c2CC[C@H]3O)C1. The molecule has 2 aliphatic rings. The molecule has 1 aromatic carbocycles. The van der Waals surface area contributed by atoms with E-state index in [1.807, 2.05) is 0 Å². The van der Waals surface area contributed by atoms with Crippen molar-refractivity contribution in [2.24, 2.45) is 5.73 Å². The number of piperidine rings is 1. The Bertz CT molecular complexity index is 1450. The number of benzene rings is 1. The van der Waals surface area contributed by atoms with Crippen molar-refractivity contribution in [1.29, 1.82) is 0 Å². The lowest BCUT2D eigenvalue weighted by atomic mass is 10.0. The molecule has 5 N–H and O–H groups in total. The summed E-state index contributed by atoms with van der Waals surface area (Å²) in [6.45, 7) is 1.24. The van der Waals surface area contributed by atoms with Crippen LogP contribution in [0.4, 0.5) is 24.5 Å². The zero-order chi connectivity index (χ0) is 27.8. The first kappa shape index (κ1) is 27.2. The van der Waals surface area contributed by atoms with Crippen LogP contribution >= 0.6 is 0 Å². The van der Waals surface area contributed by atoms with Gasteiger partial charge in [0.15, 0.2) is 11.1 Å². The highest BCUT2D eigenvalue weighted by atomic mass is 32.2. The molecule has 0 radical (unpaired) electrons. The van der Waals surface area contributed by atoms with Gasteiger partial charge in [0.05, 0.1) is 40.7 Å². The molecule has 0 bridgehead atoms. The van der Waals surface area contributed by atoms with Crippen LogP contribution in [0, 0.1) is 17.5 Å².